The topological polar surface area (TPSA) is 86.5 Å². The van der Waals surface area contributed by atoms with E-state index in [2.05, 4.69) is 32.3 Å². The highest BCUT2D eigenvalue weighted by atomic mass is 32.1. The molecule has 2 rings (SSSR count). The molecule has 0 bridgehead atoms. The van der Waals surface area contributed by atoms with Crippen molar-refractivity contribution in [3.05, 3.63) is 4.88 Å². The molecule has 1 fully saturated rings. The van der Waals surface area contributed by atoms with E-state index in [9.17, 15) is 4.79 Å². The van der Waals surface area contributed by atoms with Crippen molar-refractivity contribution < 1.29 is 4.79 Å². The summed E-state index contributed by atoms with van der Waals surface area (Å²) in [6.07, 6.45) is 0. The number of carbonyl (C=O) groups is 1. The molecular weight excluding hydrogens is 288 g/mol. The number of piperazine rings is 1. The van der Waals surface area contributed by atoms with Gasteiger partial charge in [0.1, 0.15) is 10.7 Å². The summed E-state index contributed by atoms with van der Waals surface area (Å²) in [7, 11) is 2.02. The molecule has 0 atom stereocenters. The number of nitrogens with two attached hydrogens (primary N) is 1. The van der Waals surface area contributed by atoms with Crippen LogP contribution >= 0.6 is 11.3 Å². The molecule has 118 valence electrons. The van der Waals surface area contributed by atoms with Crippen LogP contribution in [-0.2, 0) is 0 Å². The van der Waals surface area contributed by atoms with Gasteiger partial charge in [-0.2, -0.15) is 0 Å². The Morgan fingerprint density at radius 3 is 2.90 bits per heavy atom. The molecular formula is C13H24N6OS. The van der Waals surface area contributed by atoms with Gasteiger partial charge in [0, 0.05) is 39.3 Å². The average molecular weight is 312 g/mol. The third kappa shape index (κ3) is 4.29. The van der Waals surface area contributed by atoms with E-state index < -0.39 is 0 Å². The highest BCUT2D eigenvalue weighted by Gasteiger charge is 2.20. The first-order chi connectivity index (χ1) is 10.1. The summed E-state index contributed by atoms with van der Waals surface area (Å²) in [6, 6.07) is 0. The van der Waals surface area contributed by atoms with Crippen LogP contribution in [0.15, 0.2) is 0 Å². The second-order valence-corrected chi connectivity index (χ2v) is 6.08. The maximum Gasteiger partial charge on any atom is 0.265 e. The Morgan fingerprint density at radius 2 is 2.24 bits per heavy atom. The number of carbonyl (C=O) groups excluding carboxylic acids is 1. The number of rotatable bonds is 6. The number of amides is 1. The molecule has 0 aromatic carbocycles. The van der Waals surface area contributed by atoms with Crippen molar-refractivity contribution in [1.82, 2.24) is 20.5 Å². The van der Waals surface area contributed by atoms with Crippen LogP contribution in [0.4, 0.5) is 10.9 Å². The quantitative estimate of drug-likeness (QED) is 0.675. The van der Waals surface area contributed by atoms with Gasteiger partial charge in [0.05, 0.1) is 0 Å². The van der Waals surface area contributed by atoms with Crippen molar-refractivity contribution in [1.29, 1.82) is 0 Å². The lowest BCUT2D eigenvalue weighted by Gasteiger charge is -2.26. The zero-order chi connectivity index (χ0) is 15.2. The van der Waals surface area contributed by atoms with E-state index in [-0.39, 0.29) is 5.91 Å². The molecule has 1 saturated heterocycles. The number of aromatic nitrogens is 1. The van der Waals surface area contributed by atoms with Gasteiger partial charge in [-0.05, 0) is 13.6 Å². The highest BCUT2D eigenvalue weighted by Crippen LogP contribution is 2.28. The van der Waals surface area contributed by atoms with Crippen LogP contribution in [0.1, 0.15) is 16.6 Å². The summed E-state index contributed by atoms with van der Waals surface area (Å²) < 4.78 is 0. The first kappa shape index (κ1) is 16.0. The van der Waals surface area contributed by atoms with Crippen LogP contribution in [0.25, 0.3) is 0 Å². The molecule has 4 N–H and O–H groups in total. The van der Waals surface area contributed by atoms with E-state index in [1.165, 1.54) is 11.3 Å². The van der Waals surface area contributed by atoms with Crippen LogP contribution in [0, 0.1) is 0 Å². The SMILES string of the molecule is CCN(C)CCNC(=O)c1sc(N2CCNCC2)nc1N. The Morgan fingerprint density at radius 1 is 1.52 bits per heavy atom. The third-order valence-electron chi connectivity index (χ3n) is 3.55. The van der Waals surface area contributed by atoms with Crippen LogP contribution in [-0.4, -0.2) is 68.7 Å². The lowest BCUT2D eigenvalue weighted by Crippen LogP contribution is -2.43. The van der Waals surface area contributed by atoms with Gasteiger partial charge in [-0.1, -0.05) is 18.3 Å². The second-order valence-electron chi connectivity index (χ2n) is 5.10. The molecule has 0 radical (unpaired) electrons. The number of hydrogen-bond donors (Lipinski definition) is 3. The Labute approximate surface area is 129 Å². The summed E-state index contributed by atoms with van der Waals surface area (Å²) >= 11 is 1.38. The molecule has 8 heteroatoms. The minimum Gasteiger partial charge on any atom is -0.382 e. The minimum atomic E-state index is -0.129. The summed E-state index contributed by atoms with van der Waals surface area (Å²) in [5.41, 5.74) is 5.89. The summed E-state index contributed by atoms with van der Waals surface area (Å²) in [4.78, 5) is 21.3. The number of thiazole rings is 1. The van der Waals surface area contributed by atoms with Crippen LogP contribution in [0.3, 0.4) is 0 Å². The number of anilines is 2. The van der Waals surface area contributed by atoms with Gasteiger partial charge >= 0.3 is 0 Å². The maximum absolute atomic E-state index is 12.2. The van der Waals surface area contributed by atoms with Crippen molar-refractivity contribution >= 4 is 28.2 Å². The van der Waals surface area contributed by atoms with E-state index >= 15 is 0 Å². The van der Waals surface area contributed by atoms with Gasteiger partial charge < -0.3 is 26.2 Å². The minimum absolute atomic E-state index is 0.129. The van der Waals surface area contributed by atoms with Gasteiger partial charge in [-0.25, -0.2) is 4.98 Å². The molecule has 0 saturated carbocycles. The van der Waals surface area contributed by atoms with E-state index in [4.69, 9.17) is 5.73 Å². The van der Waals surface area contributed by atoms with Crippen molar-refractivity contribution in [2.45, 2.75) is 6.92 Å². The fraction of sp³-hybridized carbons (Fsp3) is 0.692. The summed E-state index contributed by atoms with van der Waals surface area (Å²) in [5, 5.41) is 7.03. The molecule has 1 aliphatic heterocycles. The normalized spacial score (nSPS) is 15.5. The predicted octanol–water partition coefficient (Wildman–Crippen LogP) is -0.184. The third-order valence-corrected chi connectivity index (χ3v) is 4.69. The standard InChI is InChI=1S/C13H24N6OS/c1-3-18(2)7-6-16-12(20)10-11(14)17-13(21-10)19-8-4-15-5-9-19/h15H,3-9,14H2,1-2H3,(H,16,20). The fourth-order valence-electron chi connectivity index (χ4n) is 2.07. The number of hydrogen-bond acceptors (Lipinski definition) is 7. The average Bonchev–Trinajstić information content (AvgIpc) is 2.90. The fourth-order valence-corrected chi connectivity index (χ4v) is 3.03. The lowest BCUT2D eigenvalue weighted by molar-refractivity contribution is 0.0955. The van der Waals surface area contributed by atoms with Gasteiger partial charge in [0.25, 0.3) is 5.91 Å². The van der Waals surface area contributed by atoms with Crippen molar-refractivity contribution in [3.63, 3.8) is 0 Å². The molecule has 0 spiro atoms. The largest absolute Gasteiger partial charge is 0.382 e. The van der Waals surface area contributed by atoms with Crippen LogP contribution in [0.5, 0.6) is 0 Å². The predicted molar refractivity (Wildman–Crippen MR) is 87.1 cm³/mol. The molecule has 1 aliphatic rings. The smallest absolute Gasteiger partial charge is 0.265 e. The van der Waals surface area contributed by atoms with Crippen molar-refractivity contribution in [2.24, 2.45) is 0 Å². The summed E-state index contributed by atoms with van der Waals surface area (Å²) in [6.45, 7) is 8.16. The molecule has 1 aromatic rings. The molecule has 0 unspecified atom stereocenters. The second kappa shape index (κ2) is 7.58. The Hall–Kier alpha value is -1.38. The Bertz CT molecular complexity index is 471. The molecule has 21 heavy (non-hydrogen) atoms. The Balaban J connectivity index is 1.93. The number of nitrogen functional groups attached to an aromatic ring is 1. The molecule has 7 nitrogen and oxygen atoms in total. The summed E-state index contributed by atoms with van der Waals surface area (Å²) in [5.74, 6) is 0.200. The molecule has 2 heterocycles. The van der Waals surface area contributed by atoms with Crippen LogP contribution in [0.2, 0.25) is 0 Å². The first-order valence-corrected chi connectivity index (χ1v) is 8.12. The first-order valence-electron chi connectivity index (χ1n) is 7.30. The number of nitrogens with one attached hydrogen (secondary N) is 2. The van der Waals surface area contributed by atoms with E-state index in [1.807, 2.05) is 7.05 Å². The van der Waals surface area contributed by atoms with Crippen molar-refractivity contribution in [2.75, 3.05) is 63.5 Å². The lowest BCUT2D eigenvalue weighted by atomic mass is 10.4. The zero-order valence-corrected chi connectivity index (χ0v) is 13.5. The van der Waals surface area contributed by atoms with Crippen molar-refractivity contribution in [3.8, 4) is 0 Å². The van der Waals surface area contributed by atoms with Gasteiger partial charge in [0.15, 0.2) is 5.13 Å². The van der Waals surface area contributed by atoms with Gasteiger partial charge in [-0.3, -0.25) is 4.79 Å². The zero-order valence-electron chi connectivity index (χ0n) is 12.7. The van der Waals surface area contributed by atoms with Crippen LogP contribution < -0.4 is 21.3 Å². The monoisotopic (exact) mass is 312 g/mol. The number of nitrogens with zero attached hydrogens (tertiary/aromatic N) is 3. The van der Waals surface area contributed by atoms with E-state index in [0.29, 0.717) is 17.2 Å². The maximum atomic E-state index is 12.2. The van der Waals surface area contributed by atoms with Gasteiger partial charge in [-0.15, -0.1) is 0 Å². The molecule has 1 aromatic heterocycles. The van der Waals surface area contributed by atoms with Gasteiger partial charge in [0.2, 0.25) is 0 Å². The Kier molecular flexibility index (Phi) is 5.77. The molecule has 1 amide bonds. The molecule has 0 aliphatic carbocycles. The van der Waals surface area contributed by atoms with E-state index in [0.717, 1.165) is 44.4 Å². The van der Waals surface area contributed by atoms with E-state index in [1.54, 1.807) is 0 Å². The highest BCUT2D eigenvalue weighted by molar-refractivity contribution is 7.18. The number of likely N-dealkylation sites (N-methyl/N-ethyl adjacent to an activating group) is 1.